The van der Waals surface area contributed by atoms with Crippen molar-refractivity contribution in [1.29, 1.82) is 5.41 Å². The zero-order chi connectivity index (χ0) is 14.0. The van der Waals surface area contributed by atoms with Crippen LogP contribution in [0.1, 0.15) is 29.5 Å². The van der Waals surface area contributed by atoms with Gasteiger partial charge in [-0.3, -0.25) is 5.41 Å². The van der Waals surface area contributed by atoms with Gasteiger partial charge in [0.05, 0.1) is 6.10 Å². The summed E-state index contributed by atoms with van der Waals surface area (Å²) in [7, 11) is 2.11. The van der Waals surface area contributed by atoms with Crippen LogP contribution in [0.2, 0.25) is 0 Å². The zero-order valence-electron chi connectivity index (χ0n) is 11.7. The molecule has 0 atom stereocenters. The molecule has 0 aromatic heterocycles. The molecule has 1 aromatic carbocycles. The van der Waals surface area contributed by atoms with Gasteiger partial charge in [0, 0.05) is 18.7 Å². The molecule has 104 valence electrons. The van der Waals surface area contributed by atoms with Crippen molar-refractivity contribution in [3.8, 4) is 0 Å². The highest BCUT2D eigenvalue weighted by atomic mass is 16.3. The minimum atomic E-state index is -0.0741. The lowest BCUT2D eigenvalue weighted by molar-refractivity contribution is 0.0273. The molecule has 4 heteroatoms. The fourth-order valence-corrected chi connectivity index (χ4v) is 2.69. The van der Waals surface area contributed by atoms with Gasteiger partial charge in [-0.2, -0.15) is 0 Å². The fraction of sp³-hybridized carbons (Fsp3) is 0.533. The summed E-state index contributed by atoms with van der Waals surface area (Å²) >= 11 is 0. The average molecular weight is 261 g/mol. The first-order chi connectivity index (χ1) is 8.95. The summed E-state index contributed by atoms with van der Waals surface area (Å²) in [5, 5.41) is 16.7. The number of nitrogens with one attached hydrogen (secondary N) is 1. The van der Waals surface area contributed by atoms with E-state index in [-0.39, 0.29) is 11.9 Å². The summed E-state index contributed by atoms with van der Waals surface area (Å²) in [5.74, 6) is 0.753. The van der Waals surface area contributed by atoms with E-state index < -0.39 is 0 Å². The number of nitrogens with zero attached hydrogens (tertiary/aromatic N) is 1. The Morgan fingerprint density at radius 3 is 2.68 bits per heavy atom. The van der Waals surface area contributed by atoms with Crippen molar-refractivity contribution < 1.29 is 5.11 Å². The second kappa shape index (κ2) is 5.72. The van der Waals surface area contributed by atoms with Gasteiger partial charge in [-0.05, 0) is 49.9 Å². The van der Waals surface area contributed by atoms with Gasteiger partial charge < -0.3 is 15.7 Å². The third kappa shape index (κ3) is 3.55. The molecule has 4 nitrogen and oxygen atoms in total. The van der Waals surface area contributed by atoms with Crippen molar-refractivity contribution in [2.24, 2.45) is 11.7 Å². The van der Waals surface area contributed by atoms with Crippen LogP contribution >= 0.6 is 0 Å². The van der Waals surface area contributed by atoms with E-state index in [0.717, 1.165) is 31.5 Å². The maximum absolute atomic E-state index is 9.30. The Bertz CT molecular complexity index is 466. The quantitative estimate of drug-likeness (QED) is 0.555. The van der Waals surface area contributed by atoms with Gasteiger partial charge in [0.15, 0.2) is 0 Å². The van der Waals surface area contributed by atoms with E-state index in [9.17, 15) is 5.11 Å². The Balaban J connectivity index is 1.93. The first kappa shape index (κ1) is 14.0. The van der Waals surface area contributed by atoms with Gasteiger partial charge in [-0.15, -0.1) is 0 Å². The minimum Gasteiger partial charge on any atom is -0.393 e. The molecule has 0 heterocycles. The molecule has 0 spiro atoms. The number of aryl methyl sites for hydroxylation is 1. The van der Waals surface area contributed by atoms with Gasteiger partial charge in [0.1, 0.15) is 5.84 Å². The predicted molar refractivity (Wildman–Crippen MR) is 77.3 cm³/mol. The van der Waals surface area contributed by atoms with E-state index in [1.54, 1.807) is 0 Å². The number of nitrogens with two attached hydrogens (primary N) is 1. The normalized spacial score (nSPS) is 22.3. The monoisotopic (exact) mass is 261 g/mol. The van der Waals surface area contributed by atoms with E-state index in [1.165, 1.54) is 11.1 Å². The van der Waals surface area contributed by atoms with Crippen molar-refractivity contribution in [2.75, 3.05) is 13.6 Å². The van der Waals surface area contributed by atoms with E-state index in [0.29, 0.717) is 5.92 Å². The van der Waals surface area contributed by atoms with Crippen LogP contribution in [0.15, 0.2) is 18.2 Å². The highest BCUT2D eigenvalue weighted by Crippen LogP contribution is 2.28. The highest BCUT2D eigenvalue weighted by Gasteiger charge is 2.27. The van der Waals surface area contributed by atoms with E-state index in [2.05, 4.69) is 24.9 Å². The molecule has 0 amide bonds. The Kier molecular flexibility index (Phi) is 4.22. The van der Waals surface area contributed by atoms with Crippen molar-refractivity contribution in [3.05, 3.63) is 34.9 Å². The lowest BCUT2D eigenvalue weighted by Gasteiger charge is -2.34. The molecule has 0 bridgehead atoms. The maximum Gasteiger partial charge on any atom is 0.122 e. The molecule has 1 aliphatic carbocycles. The number of rotatable bonds is 5. The molecule has 0 saturated heterocycles. The number of aliphatic hydroxyl groups is 1. The van der Waals surface area contributed by atoms with Crippen LogP contribution in [-0.4, -0.2) is 35.5 Å². The second-order valence-corrected chi connectivity index (χ2v) is 5.74. The van der Waals surface area contributed by atoms with Crippen LogP contribution in [0.5, 0.6) is 0 Å². The summed E-state index contributed by atoms with van der Waals surface area (Å²) in [6.07, 6.45) is 1.80. The standard InChI is InChI=1S/C15H23N3O/c1-10-5-12(15(16)17)3-4-13(10)9-18(2)8-11-6-14(19)7-11/h3-5,11,14,19H,6-9H2,1-2H3,(H3,16,17). The van der Waals surface area contributed by atoms with Crippen LogP contribution in [0, 0.1) is 18.3 Å². The third-order valence-electron chi connectivity index (χ3n) is 3.87. The average Bonchev–Trinajstić information content (AvgIpc) is 2.29. The molecule has 19 heavy (non-hydrogen) atoms. The van der Waals surface area contributed by atoms with Crippen LogP contribution in [-0.2, 0) is 6.54 Å². The molecule has 0 unspecified atom stereocenters. The van der Waals surface area contributed by atoms with Gasteiger partial charge >= 0.3 is 0 Å². The van der Waals surface area contributed by atoms with Gasteiger partial charge in [-0.25, -0.2) is 0 Å². The Morgan fingerprint density at radius 1 is 1.47 bits per heavy atom. The highest BCUT2D eigenvalue weighted by molar-refractivity contribution is 5.95. The zero-order valence-corrected chi connectivity index (χ0v) is 11.7. The molecule has 1 aromatic rings. The maximum atomic E-state index is 9.30. The van der Waals surface area contributed by atoms with Gasteiger partial charge in [0.2, 0.25) is 0 Å². The molecule has 0 aliphatic heterocycles. The Labute approximate surface area is 114 Å². The SMILES string of the molecule is Cc1cc(C(=N)N)ccc1CN(C)CC1CC(O)C1. The Morgan fingerprint density at radius 2 is 2.16 bits per heavy atom. The van der Waals surface area contributed by atoms with Crippen LogP contribution in [0.3, 0.4) is 0 Å². The summed E-state index contributed by atoms with van der Waals surface area (Å²) < 4.78 is 0. The Hall–Kier alpha value is -1.39. The van der Waals surface area contributed by atoms with E-state index in [4.69, 9.17) is 11.1 Å². The van der Waals surface area contributed by atoms with Crippen molar-refractivity contribution in [2.45, 2.75) is 32.4 Å². The molecule has 0 radical (unpaired) electrons. The summed E-state index contributed by atoms with van der Waals surface area (Å²) in [6.45, 7) is 3.99. The van der Waals surface area contributed by atoms with Crippen LogP contribution in [0.4, 0.5) is 0 Å². The molecular weight excluding hydrogens is 238 g/mol. The van der Waals surface area contributed by atoms with E-state index >= 15 is 0 Å². The molecule has 1 fully saturated rings. The number of amidine groups is 1. The number of benzene rings is 1. The topological polar surface area (TPSA) is 73.3 Å². The number of hydrogen-bond donors (Lipinski definition) is 3. The predicted octanol–water partition coefficient (Wildman–Crippen LogP) is 1.48. The third-order valence-corrected chi connectivity index (χ3v) is 3.87. The van der Waals surface area contributed by atoms with E-state index in [1.807, 2.05) is 12.1 Å². The molecular formula is C15H23N3O. The lowest BCUT2D eigenvalue weighted by atomic mass is 9.82. The van der Waals surface area contributed by atoms with Crippen molar-refractivity contribution >= 4 is 5.84 Å². The smallest absolute Gasteiger partial charge is 0.122 e. The van der Waals surface area contributed by atoms with Gasteiger partial charge in [0.25, 0.3) is 0 Å². The summed E-state index contributed by atoms with van der Waals surface area (Å²) in [5.41, 5.74) is 8.72. The van der Waals surface area contributed by atoms with Gasteiger partial charge in [-0.1, -0.05) is 12.1 Å². The first-order valence-corrected chi connectivity index (χ1v) is 6.76. The summed E-state index contributed by atoms with van der Waals surface area (Å²) in [4.78, 5) is 2.30. The number of nitrogen functional groups attached to an aromatic ring is 1. The van der Waals surface area contributed by atoms with Crippen LogP contribution < -0.4 is 5.73 Å². The second-order valence-electron chi connectivity index (χ2n) is 5.74. The largest absolute Gasteiger partial charge is 0.393 e. The first-order valence-electron chi connectivity index (χ1n) is 6.76. The molecule has 4 N–H and O–H groups in total. The van der Waals surface area contributed by atoms with Crippen LogP contribution in [0.25, 0.3) is 0 Å². The summed E-state index contributed by atoms with van der Waals surface area (Å²) in [6, 6.07) is 5.93. The van der Waals surface area contributed by atoms with Crippen molar-refractivity contribution in [3.63, 3.8) is 0 Å². The lowest BCUT2D eigenvalue weighted by Crippen LogP contribution is -2.36. The fourth-order valence-electron chi connectivity index (χ4n) is 2.69. The minimum absolute atomic E-state index is 0.0741. The van der Waals surface area contributed by atoms with Crippen molar-refractivity contribution in [1.82, 2.24) is 4.90 Å². The number of hydrogen-bond acceptors (Lipinski definition) is 3. The number of aliphatic hydroxyl groups excluding tert-OH is 1. The molecule has 1 aliphatic rings. The molecule has 2 rings (SSSR count). The molecule has 1 saturated carbocycles.